The molecule has 0 radical (unpaired) electrons. The lowest BCUT2D eigenvalue weighted by molar-refractivity contribution is 0.281. The van der Waals surface area contributed by atoms with Crippen LogP contribution in [0.15, 0.2) is 36.4 Å². The second-order valence-corrected chi connectivity index (χ2v) is 4.98. The van der Waals surface area contributed by atoms with Crippen LogP contribution in [-0.4, -0.2) is 21.7 Å². The van der Waals surface area contributed by atoms with Crippen LogP contribution in [0.3, 0.4) is 0 Å². The summed E-state index contributed by atoms with van der Waals surface area (Å²) < 4.78 is 0. The van der Waals surface area contributed by atoms with Gasteiger partial charge in [0.25, 0.3) is 0 Å². The molecule has 5 heteroatoms. The molecule has 0 amide bonds. The second kappa shape index (κ2) is 7.22. The molecule has 1 unspecified atom stereocenters. The number of aliphatic hydroxyl groups is 1. The van der Waals surface area contributed by atoms with Crippen LogP contribution in [0.5, 0.6) is 0 Å². The number of aromatic nitrogens is 2. The third kappa shape index (κ3) is 4.18. The van der Waals surface area contributed by atoms with Gasteiger partial charge in [-0.05, 0) is 25.3 Å². The first-order valence-corrected chi connectivity index (χ1v) is 7.00. The number of anilines is 1. The van der Waals surface area contributed by atoms with Crippen LogP contribution >= 0.6 is 11.6 Å². The minimum atomic E-state index is 0.0914. The van der Waals surface area contributed by atoms with E-state index in [0.717, 1.165) is 18.4 Å². The third-order valence-electron chi connectivity index (χ3n) is 2.98. The zero-order chi connectivity index (χ0) is 14.4. The molecule has 0 saturated heterocycles. The van der Waals surface area contributed by atoms with Crippen LogP contribution < -0.4 is 5.32 Å². The van der Waals surface area contributed by atoms with Crippen molar-refractivity contribution in [3.05, 3.63) is 52.9 Å². The van der Waals surface area contributed by atoms with Gasteiger partial charge < -0.3 is 10.4 Å². The predicted octanol–water partition coefficient (Wildman–Crippen LogP) is 3.36. The van der Waals surface area contributed by atoms with Gasteiger partial charge in [-0.25, -0.2) is 9.97 Å². The molecule has 0 aliphatic carbocycles. The normalized spacial score (nSPS) is 12.2. The van der Waals surface area contributed by atoms with Crippen molar-refractivity contribution in [2.45, 2.75) is 25.8 Å². The van der Waals surface area contributed by atoms with Gasteiger partial charge in [0.05, 0.1) is 6.04 Å². The first-order valence-electron chi connectivity index (χ1n) is 6.62. The van der Waals surface area contributed by atoms with Crippen molar-refractivity contribution in [1.82, 2.24) is 9.97 Å². The number of rotatable bonds is 6. The molecule has 1 heterocycles. The van der Waals surface area contributed by atoms with E-state index < -0.39 is 0 Å². The Morgan fingerprint density at radius 3 is 2.65 bits per heavy atom. The van der Waals surface area contributed by atoms with Crippen LogP contribution in [0, 0.1) is 6.92 Å². The van der Waals surface area contributed by atoms with Gasteiger partial charge in [0.2, 0.25) is 0 Å². The SMILES string of the molecule is Cc1nc(Cl)cc(NC(CCCO)c2ccccc2)n1. The molecule has 0 aliphatic rings. The monoisotopic (exact) mass is 291 g/mol. The summed E-state index contributed by atoms with van der Waals surface area (Å²) in [7, 11) is 0. The summed E-state index contributed by atoms with van der Waals surface area (Å²) in [6, 6.07) is 11.9. The van der Waals surface area contributed by atoms with Gasteiger partial charge in [0.15, 0.2) is 0 Å². The predicted molar refractivity (Wildman–Crippen MR) is 80.9 cm³/mol. The Kier molecular flexibility index (Phi) is 5.32. The number of hydrogen-bond acceptors (Lipinski definition) is 4. The van der Waals surface area contributed by atoms with Crippen molar-refractivity contribution in [2.24, 2.45) is 0 Å². The lowest BCUT2D eigenvalue weighted by Gasteiger charge is -2.19. The van der Waals surface area contributed by atoms with E-state index in [0.29, 0.717) is 16.8 Å². The fourth-order valence-electron chi connectivity index (χ4n) is 2.09. The molecule has 1 aromatic heterocycles. The van der Waals surface area contributed by atoms with E-state index in [2.05, 4.69) is 27.4 Å². The summed E-state index contributed by atoms with van der Waals surface area (Å²) in [6.07, 6.45) is 1.55. The zero-order valence-corrected chi connectivity index (χ0v) is 12.1. The molecular weight excluding hydrogens is 274 g/mol. The first-order chi connectivity index (χ1) is 9.69. The summed E-state index contributed by atoms with van der Waals surface area (Å²) >= 11 is 5.95. The molecule has 106 valence electrons. The third-order valence-corrected chi connectivity index (χ3v) is 3.18. The largest absolute Gasteiger partial charge is 0.396 e. The average molecular weight is 292 g/mol. The zero-order valence-electron chi connectivity index (χ0n) is 11.4. The lowest BCUT2D eigenvalue weighted by Crippen LogP contribution is -2.13. The van der Waals surface area contributed by atoms with Gasteiger partial charge >= 0.3 is 0 Å². The highest BCUT2D eigenvalue weighted by molar-refractivity contribution is 6.29. The van der Waals surface area contributed by atoms with E-state index in [1.807, 2.05) is 25.1 Å². The summed E-state index contributed by atoms with van der Waals surface area (Å²) in [5, 5.41) is 12.8. The van der Waals surface area contributed by atoms with E-state index >= 15 is 0 Å². The molecule has 0 spiro atoms. The Labute approximate surface area is 123 Å². The standard InChI is InChI=1S/C15H18ClN3O/c1-11-17-14(16)10-15(18-11)19-13(8-5-9-20)12-6-3-2-4-7-12/h2-4,6-7,10,13,20H,5,8-9H2,1H3,(H,17,18,19). The Balaban J connectivity index is 2.19. The Bertz CT molecular complexity index is 528. The summed E-state index contributed by atoms with van der Waals surface area (Å²) in [5.41, 5.74) is 1.16. The molecule has 1 aromatic carbocycles. The van der Waals surface area contributed by atoms with Crippen LogP contribution in [0.25, 0.3) is 0 Å². The molecule has 1 atom stereocenters. The van der Waals surface area contributed by atoms with Gasteiger partial charge in [0, 0.05) is 12.7 Å². The van der Waals surface area contributed by atoms with Crippen molar-refractivity contribution >= 4 is 17.4 Å². The van der Waals surface area contributed by atoms with Crippen molar-refractivity contribution in [1.29, 1.82) is 0 Å². The molecule has 0 fully saturated rings. The maximum absolute atomic E-state index is 9.04. The minimum Gasteiger partial charge on any atom is -0.396 e. The number of aliphatic hydroxyl groups excluding tert-OH is 1. The number of benzene rings is 1. The molecule has 2 rings (SSSR count). The summed E-state index contributed by atoms with van der Waals surface area (Å²) in [5.74, 6) is 1.34. The van der Waals surface area contributed by atoms with Crippen molar-refractivity contribution in [3.63, 3.8) is 0 Å². The highest BCUT2D eigenvalue weighted by Crippen LogP contribution is 2.23. The van der Waals surface area contributed by atoms with Crippen LogP contribution in [0.1, 0.15) is 30.3 Å². The molecule has 20 heavy (non-hydrogen) atoms. The van der Waals surface area contributed by atoms with E-state index in [4.69, 9.17) is 16.7 Å². The van der Waals surface area contributed by atoms with Crippen LogP contribution in [-0.2, 0) is 0 Å². The molecule has 2 N–H and O–H groups in total. The van der Waals surface area contributed by atoms with Gasteiger partial charge in [-0.15, -0.1) is 0 Å². The number of nitrogens with one attached hydrogen (secondary N) is 1. The summed E-state index contributed by atoms with van der Waals surface area (Å²) in [6.45, 7) is 1.98. The lowest BCUT2D eigenvalue weighted by atomic mass is 10.0. The molecule has 4 nitrogen and oxygen atoms in total. The molecular formula is C15H18ClN3O. The summed E-state index contributed by atoms with van der Waals surface area (Å²) in [4.78, 5) is 8.39. The quantitative estimate of drug-likeness (QED) is 0.801. The number of hydrogen-bond donors (Lipinski definition) is 2. The fourth-order valence-corrected chi connectivity index (χ4v) is 2.31. The van der Waals surface area contributed by atoms with Crippen molar-refractivity contribution in [2.75, 3.05) is 11.9 Å². The Morgan fingerprint density at radius 1 is 1.25 bits per heavy atom. The van der Waals surface area contributed by atoms with Gasteiger partial charge in [-0.2, -0.15) is 0 Å². The Morgan fingerprint density at radius 2 is 2.00 bits per heavy atom. The maximum atomic E-state index is 9.04. The fraction of sp³-hybridized carbons (Fsp3) is 0.333. The highest BCUT2D eigenvalue weighted by atomic mass is 35.5. The van der Waals surface area contributed by atoms with Gasteiger partial charge in [-0.3, -0.25) is 0 Å². The number of aryl methyl sites for hydroxylation is 1. The Hall–Kier alpha value is -1.65. The topological polar surface area (TPSA) is 58.0 Å². The van der Waals surface area contributed by atoms with E-state index in [9.17, 15) is 0 Å². The molecule has 0 saturated carbocycles. The van der Waals surface area contributed by atoms with Gasteiger partial charge in [0.1, 0.15) is 16.8 Å². The smallest absolute Gasteiger partial charge is 0.134 e. The molecule has 2 aromatic rings. The van der Waals surface area contributed by atoms with Crippen LogP contribution in [0.2, 0.25) is 5.15 Å². The van der Waals surface area contributed by atoms with E-state index in [1.165, 1.54) is 0 Å². The highest BCUT2D eigenvalue weighted by Gasteiger charge is 2.12. The van der Waals surface area contributed by atoms with Crippen molar-refractivity contribution in [3.8, 4) is 0 Å². The minimum absolute atomic E-state index is 0.0914. The first kappa shape index (κ1) is 14.8. The van der Waals surface area contributed by atoms with E-state index in [1.54, 1.807) is 6.07 Å². The molecule has 0 bridgehead atoms. The number of halogens is 1. The maximum Gasteiger partial charge on any atom is 0.134 e. The average Bonchev–Trinajstić information content (AvgIpc) is 2.43. The second-order valence-electron chi connectivity index (χ2n) is 4.60. The van der Waals surface area contributed by atoms with Crippen LogP contribution in [0.4, 0.5) is 5.82 Å². The van der Waals surface area contributed by atoms with Crippen molar-refractivity contribution < 1.29 is 5.11 Å². The molecule has 0 aliphatic heterocycles. The number of nitrogens with zero attached hydrogens (tertiary/aromatic N) is 2. The van der Waals surface area contributed by atoms with E-state index in [-0.39, 0.29) is 12.6 Å². The van der Waals surface area contributed by atoms with Gasteiger partial charge in [-0.1, -0.05) is 41.9 Å².